The molecule has 1 aliphatic heterocycles. The number of carbonyl (C=O) groups excluding carboxylic acids is 1. The van der Waals surface area contributed by atoms with Gasteiger partial charge in [0.25, 0.3) is 0 Å². The first-order valence-electron chi connectivity index (χ1n) is 7.31. The summed E-state index contributed by atoms with van der Waals surface area (Å²) in [6.07, 6.45) is 4.43. The summed E-state index contributed by atoms with van der Waals surface area (Å²) in [6.45, 7) is 10.5. The molecule has 0 aromatic rings. The summed E-state index contributed by atoms with van der Waals surface area (Å²) in [5.41, 5.74) is 6.43. The summed E-state index contributed by atoms with van der Waals surface area (Å²) in [5.74, 6) is 0.322. The summed E-state index contributed by atoms with van der Waals surface area (Å²) in [5, 5.41) is 0. The summed E-state index contributed by atoms with van der Waals surface area (Å²) in [4.78, 5) is 14.7. The molecule has 2 fully saturated rings. The summed E-state index contributed by atoms with van der Waals surface area (Å²) >= 11 is 0. The minimum atomic E-state index is 0.0241. The molecule has 2 rings (SSSR count). The highest BCUT2D eigenvalue weighted by atomic mass is 16.2. The van der Waals surface area contributed by atoms with E-state index < -0.39 is 0 Å². The molecule has 3 unspecified atom stereocenters. The number of fused-ring (bicyclic) bond motifs is 2. The van der Waals surface area contributed by atoms with E-state index in [0.717, 1.165) is 19.4 Å². The van der Waals surface area contributed by atoms with Gasteiger partial charge in [0.2, 0.25) is 5.91 Å². The second-order valence-electron chi connectivity index (χ2n) is 7.52. The van der Waals surface area contributed by atoms with Crippen molar-refractivity contribution < 1.29 is 4.79 Å². The third kappa shape index (κ3) is 2.42. The van der Waals surface area contributed by atoms with Gasteiger partial charge < -0.3 is 10.6 Å². The molecule has 0 aromatic heterocycles. The van der Waals surface area contributed by atoms with Gasteiger partial charge in [-0.05, 0) is 36.5 Å². The first kappa shape index (κ1) is 13.9. The molecule has 3 heteroatoms. The van der Waals surface area contributed by atoms with E-state index in [4.69, 9.17) is 5.73 Å². The van der Waals surface area contributed by atoms with Crippen molar-refractivity contribution in [2.24, 2.45) is 22.5 Å². The van der Waals surface area contributed by atoms with E-state index >= 15 is 0 Å². The highest BCUT2D eigenvalue weighted by Crippen LogP contribution is 2.52. The van der Waals surface area contributed by atoms with Gasteiger partial charge in [-0.3, -0.25) is 4.79 Å². The van der Waals surface area contributed by atoms with Crippen LogP contribution >= 0.6 is 0 Å². The number of nitrogens with two attached hydrogens (primary N) is 1. The van der Waals surface area contributed by atoms with Crippen molar-refractivity contribution in [3.8, 4) is 0 Å². The Balaban J connectivity index is 2.15. The third-order valence-electron chi connectivity index (χ3n) is 4.82. The van der Waals surface area contributed by atoms with Crippen LogP contribution < -0.4 is 5.73 Å². The van der Waals surface area contributed by atoms with Crippen LogP contribution in [0, 0.1) is 16.7 Å². The first-order chi connectivity index (χ1) is 8.30. The van der Waals surface area contributed by atoms with Crippen LogP contribution in [0.4, 0.5) is 0 Å². The molecular formula is C15H28N2O. The van der Waals surface area contributed by atoms with E-state index in [-0.39, 0.29) is 5.92 Å². The smallest absolute Gasteiger partial charge is 0.227 e. The number of amides is 1. The zero-order chi connectivity index (χ0) is 13.6. The van der Waals surface area contributed by atoms with Gasteiger partial charge >= 0.3 is 0 Å². The van der Waals surface area contributed by atoms with E-state index in [9.17, 15) is 4.79 Å². The highest BCUT2D eigenvalue weighted by Gasteiger charge is 2.51. The van der Waals surface area contributed by atoms with Gasteiger partial charge in [0.15, 0.2) is 0 Å². The van der Waals surface area contributed by atoms with Crippen LogP contribution in [0.2, 0.25) is 0 Å². The maximum atomic E-state index is 12.5. The van der Waals surface area contributed by atoms with Gasteiger partial charge in [0.05, 0.1) is 5.92 Å². The second kappa shape index (κ2) is 4.52. The van der Waals surface area contributed by atoms with Gasteiger partial charge in [-0.2, -0.15) is 0 Å². The fourth-order valence-corrected chi connectivity index (χ4v) is 4.39. The molecule has 2 bridgehead atoms. The Hall–Kier alpha value is -0.570. The van der Waals surface area contributed by atoms with Crippen LogP contribution in [0.1, 0.15) is 53.4 Å². The molecule has 1 saturated carbocycles. The van der Waals surface area contributed by atoms with E-state index in [1.807, 2.05) is 0 Å². The Morgan fingerprint density at radius 3 is 2.61 bits per heavy atom. The lowest BCUT2D eigenvalue weighted by Crippen LogP contribution is -2.42. The van der Waals surface area contributed by atoms with Crippen molar-refractivity contribution in [1.29, 1.82) is 0 Å². The monoisotopic (exact) mass is 252 g/mol. The lowest BCUT2D eigenvalue weighted by molar-refractivity contribution is -0.136. The van der Waals surface area contributed by atoms with Crippen molar-refractivity contribution in [1.82, 2.24) is 4.90 Å². The van der Waals surface area contributed by atoms with Gasteiger partial charge in [-0.1, -0.05) is 27.7 Å². The van der Waals surface area contributed by atoms with E-state index in [1.165, 1.54) is 12.8 Å². The Bertz CT molecular complexity index is 335. The van der Waals surface area contributed by atoms with Crippen LogP contribution in [0.3, 0.4) is 0 Å². The molecule has 18 heavy (non-hydrogen) atoms. The summed E-state index contributed by atoms with van der Waals surface area (Å²) in [7, 11) is 0. The van der Waals surface area contributed by atoms with Gasteiger partial charge in [0, 0.05) is 19.1 Å². The van der Waals surface area contributed by atoms with Gasteiger partial charge in [-0.15, -0.1) is 0 Å². The molecular weight excluding hydrogens is 224 g/mol. The Labute approximate surface area is 111 Å². The highest BCUT2D eigenvalue weighted by molar-refractivity contribution is 5.79. The van der Waals surface area contributed by atoms with Crippen molar-refractivity contribution in [2.45, 2.75) is 59.4 Å². The van der Waals surface area contributed by atoms with Crippen molar-refractivity contribution >= 4 is 5.91 Å². The average Bonchev–Trinajstić information content (AvgIpc) is 2.49. The van der Waals surface area contributed by atoms with E-state index in [0.29, 0.717) is 29.3 Å². The molecule has 3 atom stereocenters. The normalized spacial score (nSPS) is 35.6. The predicted molar refractivity (Wildman–Crippen MR) is 74.1 cm³/mol. The molecule has 1 heterocycles. The third-order valence-corrected chi connectivity index (χ3v) is 4.82. The molecule has 2 N–H and O–H groups in total. The minimum absolute atomic E-state index is 0.0241. The molecule has 1 amide bonds. The first-order valence-corrected chi connectivity index (χ1v) is 7.31. The second-order valence-corrected chi connectivity index (χ2v) is 7.52. The lowest BCUT2D eigenvalue weighted by Gasteiger charge is -2.39. The number of carbonyl (C=O) groups is 1. The molecule has 1 aliphatic carbocycles. The minimum Gasteiger partial charge on any atom is -0.339 e. The van der Waals surface area contributed by atoms with Crippen LogP contribution in [0.5, 0.6) is 0 Å². The zero-order valence-corrected chi connectivity index (χ0v) is 12.3. The Morgan fingerprint density at radius 2 is 2.06 bits per heavy atom. The molecule has 1 saturated heterocycles. The fraction of sp³-hybridized carbons (Fsp3) is 0.933. The fourth-order valence-electron chi connectivity index (χ4n) is 4.39. The van der Waals surface area contributed by atoms with Crippen molar-refractivity contribution in [2.75, 3.05) is 13.1 Å². The molecule has 0 radical (unpaired) electrons. The number of hydrogen-bond acceptors (Lipinski definition) is 2. The van der Waals surface area contributed by atoms with Crippen LogP contribution in [-0.4, -0.2) is 29.9 Å². The zero-order valence-electron chi connectivity index (χ0n) is 12.3. The van der Waals surface area contributed by atoms with E-state index in [2.05, 4.69) is 32.6 Å². The molecule has 0 aromatic carbocycles. The summed E-state index contributed by atoms with van der Waals surface area (Å²) < 4.78 is 0. The largest absolute Gasteiger partial charge is 0.339 e. The van der Waals surface area contributed by atoms with Gasteiger partial charge in [0.1, 0.15) is 0 Å². The number of rotatable bonds is 3. The molecule has 2 aliphatic rings. The molecule has 3 nitrogen and oxygen atoms in total. The Kier molecular flexibility index (Phi) is 3.48. The van der Waals surface area contributed by atoms with Crippen molar-refractivity contribution in [3.05, 3.63) is 0 Å². The Morgan fingerprint density at radius 1 is 1.39 bits per heavy atom. The van der Waals surface area contributed by atoms with Crippen LogP contribution in [0.25, 0.3) is 0 Å². The number of nitrogens with zero attached hydrogens (tertiary/aromatic N) is 1. The standard InChI is InChI=1S/C15H28N2O/c1-5-11(8-16)13(18)17-10-15(4)7-12(17)6-14(2,3)9-15/h11-12H,5-10,16H2,1-4H3. The van der Waals surface area contributed by atoms with Crippen LogP contribution in [0.15, 0.2) is 0 Å². The number of likely N-dealkylation sites (tertiary alicyclic amines) is 1. The maximum absolute atomic E-state index is 12.5. The number of hydrogen-bond donors (Lipinski definition) is 1. The van der Waals surface area contributed by atoms with Gasteiger partial charge in [-0.25, -0.2) is 0 Å². The van der Waals surface area contributed by atoms with Crippen molar-refractivity contribution in [3.63, 3.8) is 0 Å². The SMILES string of the molecule is CCC(CN)C(=O)N1CC2(C)CC1CC(C)(C)C2. The van der Waals surface area contributed by atoms with E-state index in [1.54, 1.807) is 0 Å². The average molecular weight is 252 g/mol. The quantitative estimate of drug-likeness (QED) is 0.838. The molecule has 104 valence electrons. The topological polar surface area (TPSA) is 46.3 Å². The summed E-state index contributed by atoms with van der Waals surface area (Å²) in [6, 6.07) is 0.451. The lowest BCUT2D eigenvalue weighted by atomic mass is 9.65. The molecule has 0 spiro atoms. The maximum Gasteiger partial charge on any atom is 0.227 e. The van der Waals surface area contributed by atoms with Crippen LogP contribution in [-0.2, 0) is 4.79 Å². The predicted octanol–water partition coefficient (Wildman–Crippen LogP) is 2.40.